The van der Waals surface area contributed by atoms with E-state index in [1.807, 2.05) is 5.32 Å². The lowest BCUT2D eigenvalue weighted by Crippen LogP contribution is -2.23. The molecule has 0 aliphatic heterocycles. The lowest BCUT2D eigenvalue weighted by Gasteiger charge is -2.16. The fraction of sp³-hybridized carbons (Fsp3) is 0.176. The molecule has 0 aliphatic rings. The molecule has 2 aromatic carbocycles. The molecule has 144 valence electrons. The van der Waals surface area contributed by atoms with E-state index in [-0.39, 0.29) is 5.69 Å². The first-order valence-corrected chi connectivity index (χ1v) is 7.43. The van der Waals surface area contributed by atoms with Gasteiger partial charge in [-0.2, -0.15) is 13.2 Å². The minimum absolute atomic E-state index is 0.0996. The van der Waals surface area contributed by atoms with Gasteiger partial charge in [-0.05, 0) is 30.3 Å². The molecular weight excluding hydrogens is 375 g/mol. The van der Waals surface area contributed by atoms with Gasteiger partial charge >= 0.3 is 6.18 Å². The Hall–Kier alpha value is -3.17. The summed E-state index contributed by atoms with van der Waals surface area (Å²) in [6.07, 6.45) is -4.80. The fourth-order valence-electron chi connectivity index (χ4n) is 2.09. The number of rotatable bonds is 5. The summed E-state index contributed by atoms with van der Waals surface area (Å²) in [6, 6.07) is 5.19. The summed E-state index contributed by atoms with van der Waals surface area (Å²) in [5, 5.41) is 4.21. The summed E-state index contributed by atoms with van der Waals surface area (Å²) < 4.78 is 70.6. The van der Waals surface area contributed by atoms with E-state index >= 15 is 0 Å². The van der Waals surface area contributed by atoms with E-state index in [2.05, 4.69) is 5.32 Å². The van der Waals surface area contributed by atoms with Crippen LogP contribution in [-0.2, 0) is 15.8 Å². The first-order chi connectivity index (χ1) is 12.6. The van der Waals surface area contributed by atoms with Crippen LogP contribution in [0, 0.1) is 11.6 Å². The molecule has 0 fully saturated rings. The summed E-state index contributed by atoms with van der Waals surface area (Å²) in [5.74, 6) is -3.88. The molecule has 27 heavy (non-hydrogen) atoms. The highest BCUT2D eigenvalue weighted by molar-refractivity contribution is 5.94. The summed E-state index contributed by atoms with van der Waals surface area (Å²) in [5.41, 5.74) is -1.85. The quantitative estimate of drug-likeness (QED) is 0.762. The maximum atomic E-state index is 13.4. The van der Waals surface area contributed by atoms with E-state index in [4.69, 9.17) is 4.74 Å². The van der Waals surface area contributed by atoms with Crippen LogP contribution in [0.2, 0.25) is 0 Å². The lowest BCUT2D eigenvalue weighted by molar-refractivity contribution is -0.137. The van der Waals surface area contributed by atoms with Gasteiger partial charge in [0.25, 0.3) is 5.91 Å². The highest BCUT2D eigenvalue weighted by Gasteiger charge is 2.34. The molecule has 0 saturated heterocycles. The summed E-state index contributed by atoms with van der Waals surface area (Å²) in [4.78, 5) is 22.8. The number of hydrogen-bond acceptors (Lipinski definition) is 3. The van der Waals surface area contributed by atoms with Gasteiger partial charge in [0.05, 0.1) is 11.3 Å². The van der Waals surface area contributed by atoms with E-state index < -0.39 is 53.2 Å². The van der Waals surface area contributed by atoms with Crippen LogP contribution in [0.25, 0.3) is 0 Å². The third-order valence-corrected chi connectivity index (χ3v) is 3.17. The highest BCUT2D eigenvalue weighted by Crippen LogP contribution is 2.36. The third-order valence-electron chi connectivity index (χ3n) is 3.17. The maximum Gasteiger partial charge on any atom is 0.418 e. The minimum Gasteiger partial charge on any atom is -0.481 e. The van der Waals surface area contributed by atoms with Crippen molar-refractivity contribution in [3.63, 3.8) is 0 Å². The van der Waals surface area contributed by atoms with Gasteiger partial charge in [-0.15, -0.1) is 0 Å². The number of nitrogens with one attached hydrogen (secondary N) is 2. The van der Waals surface area contributed by atoms with Crippen molar-refractivity contribution in [2.75, 3.05) is 17.2 Å². The zero-order chi connectivity index (χ0) is 20.2. The second-order valence-electron chi connectivity index (χ2n) is 5.35. The maximum absolute atomic E-state index is 13.4. The Kier molecular flexibility index (Phi) is 5.98. The number of carbonyl (C=O) groups is 2. The first-order valence-electron chi connectivity index (χ1n) is 7.43. The van der Waals surface area contributed by atoms with Crippen LogP contribution in [0.4, 0.5) is 33.3 Å². The normalized spacial score (nSPS) is 11.0. The first kappa shape index (κ1) is 20.1. The van der Waals surface area contributed by atoms with E-state index in [1.165, 1.54) is 6.07 Å². The van der Waals surface area contributed by atoms with E-state index in [9.17, 15) is 31.5 Å². The van der Waals surface area contributed by atoms with Crippen molar-refractivity contribution >= 4 is 23.2 Å². The van der Waals surface area contributed by atoms with Gasteiger partial charge in [-0.1, -0.05) is 0 Å². The van der Waals surface area contributed by atoms with Crippen molar-refractivity contribution in [2.24, 2.45) is 0 Å². The second kappa shape index (κ2) is 8.02. The molecule has 5 nitrogen and oxygen atoms in total. The van der Waals surface area contributed by atoms with Gasteiger partial charge in [-0.3, -0.25) is 9.59 Å². The van der Waals surface area contributed by atoms with Crippen LogP contribution in [0.15, 0.2) is 36.4 Å². The summed E-state index contributed by atoms with van der Waals surface area (Å²) in [6.45, 7) is 0.335. The van der Waals surface area contributed by atoms with Crippen LogP contribution >= 0.6 is 0 Å². The number of halogens is 5. The van der Waals surface area contributed by atoms with Crippen LogP contribution in [0.5, 0.6) is 5.75 Å². The minimum atomic E-state index is -4.80. The number of benzene rings is 2. The Balaban J connectivity index is 2.13. The topological polar surface area (TPSA) is 67.4 Å². The summed E-state index contributed by atoms with van der Waals surface area (Å²) in [7, 11) is 0. The molecule has 0 heterocycles. The molecule has 0 aromatic heterocycles. The average Bonchev–Trinajstić information content (AvgIpc) is 2.54. The Morgan fingerprint density at radius 3 is 2.33 bits per heavy atom. The van der Waals surface area contributed by atoms with Gasteiger partial charge in [0.1, 0.15) is 5.82 Å². The van der Waals surface area contributed by atoms with Crippen molar-refractivity contribution in [2.45, 2.75) is 13.1 Å². The Bertz CT molecular complexity index is 868. The Labute approximate surface area is 150 Å². The van der Waals surface area contributed by atoms with Crippen molar-refractivity contribution in [3.8, 4) is 5.75 Å². The number of alkyl halides is 3. The predicted molar refractivity (Wildman–Crippen MR) is 86.2 cm³/mol. The third kappa shape index (κ3) is 5.66. The fourth-order valence-corrected chi connectivity index (χ4v) is 2.09. The van der Waals surface area contributed by atoms with Crippen molar-refractivity contribution in [1.29, 1.82) is 0 Å². The summed E-state index contributed by atoms with van der Waals surface area (Å²) >= 11 is 0. The van der Waals surface area contributed by atoms with Gasteiger partial charge in [-0.25, -0.2) is 8.78 Å². The predicted octanol–water partition coefficient (Wildman–Crippen LogP) is 3.96. The standard InChI is InChI=1S/C17H13F5N2O3/c1-9(25)23-11-3-4-14(12(7-11)17(20,21)22)24-16(26)8-27-15-5-2-10(18)6-13(15)19/h2-7H,8H2,1H3,(H,23,25)(H,24,26). The molecule has 0 radical (unpaired) electrons. The van der Waals surface area contributed by atoms with E-state index in [0.29, 0.717) is 12.1 Å². The number of amides is 2. The molecule has 0 saturated carbocycles. The molecule has 2 amide bonds. The molecule has 10 heteroatoms. The van der Waals surface area contributed by atoms with Gasteiger partial charge < -0.3 is 15.4 Å². The molecule has 0 bridgehead atoms. The smallest absolute Gasteiger partial charge is 0.418 e. The number of ether oxygens (including phenoxy) is 1. The number of carbonyl (C=O) groups excluding carboxylic acids is 2. The molecule has 2 rings (SSSR count). The van der Waals surface area contributed by atoms with Crippen molar-refractivity contribution < 1.29 is 36.3 Å². The average molecular weight is 388 g/mol. The number of hydrogen-bond donors (Lipinski definition) is 2. The molecule has 0 unspecified atom stereocenters. The molecule has 2 N–H and O–H groups in total. The molecule has 0 atom stereocenters. The molecule has 2 aromatic rings. The van der Waals surface area contributed by atoms with Crippen LogP contribution < -0.4 is 15.4 Å². The molecule has 0 aliphatic carbocycles. The monoisotopic (exact) mass is 388 g/mol. The van der Waals surface area contributed by atoms with Gasteiger partial charge in [0.2, 0.25) is 5.91 Å². The Morgan fingerprint density at radius 2 is 1.74 bits per heavy atom. The van der Waals surface area contributed by atoms with Gasteiger partial charge in [0, 0.05) is 18.7 Å². The Morgan fingerprint density at radius 1 is 1.04 bits per heavy atom. The zero-order valence-corrected chi connectivity index (χ0v) is 13.8. The largest absolute Gasteiger partial charge is 0.481 e. The van der Waals surface area contributed by atoms with Crippen LogP contribution in [0.3, 0.4) is 0 Å². The highest BCUT2D eigenvalue weighted by atomic mass is 19.4. The van der Waals surface area contributed by atoms with Crippen molar-refractivity contribution in [3.05, 3.63) is 53.6 Å². The number of anilines is 2. The lowest BCUT2D eigenvalue weighted by atomic mass is 10.1. The zero-order valence-electron chi connectivity index (χ0n) is 13.8. The molecule has 0 spiro atoms. The van der Waals surface area contributed by atoms with E-state index in [1.54, 1.807) is 0 Å². The van der Waals surface area contributed by atoms with Gasteiger partial charge in [0.15, 0.2) is 18.2 Å². The van der Waals surface area contributed by atoms with Crippen molar-refractivity contribution in [1.82, 2.24) is 0 Å². The molecular formula is C17H13F5N2O3. The van der Waals surface area contributed by atoms with Crippen LogP contribution in [0.1, 0.15) is 12.5 Å². The SMILES string of the molecule is CC(=O)Nc1ccc(NC(=O)COc2ccc(F)cc2F)c(C(F)(F)F)c1. The van der Waals surface area contributed by atoms with E-state index in [0.717, 1.165) is 25.1 Å². The van der Waals surface area contributed by atoms with Crippen LogP contribution in [-0.4, -0.2) is 18.4 Å². The second-order valence-corrected chi connectivity index (χ2v) is 5.35.